The van der Waals surface area contributed by atoms with E-state index in [2.05, 4.69) is 23.8 Å². The van der Waals surface area contributed by atoms with Gasteiger partial charge in [0.2, 0.25) is 11.8 Å². The van der Waals surface area contributed by atoms with Gasteiger partial charge in [0.15, 0.2) is 0 Å². The predicted molar refractivity (Wildman–Crippen MR) is 105 cm³/mol. The number of hydrogen-bond donors (Lipinski definition) is 3. The SMILES string of the molecule is C=CCCCCC(=O)O[C@@H](C)CNC(=O)[C@H](CC=C)CC(=O)N[C@H](C)CO. The van der Waals surface area contributed by atoms with Crippen LogP contribution in [0.4, 0.5) is 0 Å². The molecule has 0 unspecified atom stereocenters. The molecular weight excluding hydrogens is 348 g/mol. The summed E-state index contributed by atoms with van der Waals surface area (Å²) in [6.07, 6.45) is 6.14. The summed E-state index contributed by atoms with van der Waals surface area (Å²) in [5.41, 5.74) is 0. The highest BCUT2D eigenvalue weighted by Gasteiger charge is 2.22. The van der Waals surface area contributed by atoms with Gasteiger partial charge in [-0.05, 0) is 39.5 Å². The number of aliphatic hydroxyl groups excluding tert-OH is 1. The molecule has 0 heterocycles. The molecule has 3 atom stereocenters. The second kappa shape index (κ2) is 15.0. The van der Waals surface area contributed by atoms with E-state index in [1.54, 1.807) is 19.9 Å². The third-order valence-corrected chi connectivity index (χ3v) is 3.87. The quantitative estimate of drug-likeness (QED) is 0.228. The van der Waals surface area contributed by atoms with Crippen LogP contribution < -0.4 is 10.6 Å². The zero-order valence-corrected chi connectivity index (χ0v) is 16.5. The lowest BCUT2D eigenvalue weighted by Gasteiger charge is -2.19. The van der Waals surface area contributed by atoms with E-state index in [0.717, 1.165) is 19.3 Å². The van der Waals surface area contributed by atoms with E-state index in [-0.39, 0.29) is 43.4 Å². The van der Waals surface area contributed by atoms with Crippen molar-refractivity contribution in [1.29, 1.82) is 0 Å². The van der Waals surface area contributed by atoms with Crippen molar-refractivity contribution in [2.24, 2.45) is 5.92 Å². The first-order valence-electron chi connectivity index (χ1n) is 9.43. The minimum Gasteiger partial charge on any atom is -0.461 e. The smallest absolute Gasteiger partial charge is 0.306 e. The molecule has 0 fully saturated rings. The van der Waals surface area contributed by atoms with Crippen LogP contribution in [-0.2, 0) is 19.1 Å². The molecule has 27 heavy (non-hydrogen) atoms. The van der Waals surface area contributed by atoms with Gasteiger partial charge in [0.1, 0.15) is 6.10 Å². The van der Waals surface area contributed by atoms with E-state index in [4.69, 9.17) is 9.84 Å². The Bertz CT molecular complexity index is 493. The van der Waals surface area contributed by atoms with Crippen molar-refractivity contribution in [3.05, 3.63) is 25.3 Å². The second-order valence-electron chi connectivity index (χ2n) is 6.66. The average Bonchev–Trinajstić information content (AvgIpc) is 2.62. The van der Waals surface area contributed by atoms with Crippen molar-refractivity contribution in [1.82, 2.24) is 10.6 Å². The van der Waals surface area contributed by atoms with Crippen molar-refractivity contribution in [2.75, 3.05) is 13.2 Å². The molecule has 0 radical (unpaired) electrons. The monoisotopic (exact) mass is 382 g/mol. The Morgan fingerprint density at radius 3 is 2.44 bits per heavy atom. The number of carbonyl (C=O) groups excluding carboxylic acids is 3. The van der Waals surface area contributed by atoms with Crippen LogP contribution in [0.5, 0.6) is 0 Å². The highest BCUT2D eigenvalue weighted by molar-refractivity contribution is 5.86. The van der Waals surface area contributed by atoms with Gasteiger partial charge in [0, 0.05) is 18.9 Å². The summed E-state index contributed by atoms with van der Waals surface area (Å²) in [5, 5.41) is 14.3. The summed E-state index contributed by atoms with van der Waals surface area (Å²) >= 11 is 0. The molecule has 7 heteroatoms. The standard InChI is InChI=1S/C20H34N2O5/c1-5-7-8-9-11-19(25)27-16(4)13-21-20(26)17(10-6-2)12-18(24)22-15(3)14-23/h5-6,15-17,23H,1-2,7-14H2,3-4H3,(H,21,26)(H,22,24)/t15-,16+,17-/m1/s1. The number of esters is 1. The number of unbranched alkanes of at least 4 members (excludes halogenated alkanes) is 2. The molecule has 154 valence electrons. The summed E-state index contributed by atoms with van der Waals surface area (Å²) in [6.45, 7) is 10.6. The Labute approximate surface area is 162 Å². The molecule has 0 bridgehead atoms. The van der Waals surface area contributed by atoms with E-state index >= 15 is 0 Å². The fourth-order valence-electron chi connectivity index (χ4n) is 2.36. The molecule has 0 aromatic carbocycles. The zero-order valence-electron chi connectivity index (χ0n) is 16.5. The molecule has 0 aliphatic heterocycles. The molecule has 0 spiro atoms. The number of nitrogens with one attached hydrogen (secondary N) is 2. The molecular formula is C20H34N2O5. The molecule has 0 saturated heterocycles. The Kier molecular flexibility index (Phi) is 13.8. The second-order valence-corrected chi connectivity index (χ2v) is 6.66. The predicted octanol–water partition coefficient (Wildman–Crippen LogP) is 1.86. The van der Waals surface area contributed by atoms with Gasteiger partial charge in [-0.25, -0.2) is 0 Å². The Balaban J connectivity index is 4.31. The number of amides is 2. The maximum Gasteiger partial charge on any atom is 0.306 e. The van der Waals surface area contributed by atoms with Crippen LogP contribution in [0.1, 0.15) is 52.4 Å². The fourth-order valence-corrected chi connectivity index (χ4v) is 2.36. The number of allylic oxidation sites excluding steroid dienone is 2. The number of rotatable bonds is 15. The largest absolute Gasteiger partial charge is 0.461 e. The first kappa shape index (κ1) is 24.8. The molecule has 0 aromatic heterocycles. The van der Waals surface area contributed by atoms with Crippen LogP contribution in [0.3, 0.4) is 0 Å². The Hall–Kier alpha value is -2.15. The summed E-state index contributed by atoms with van der Waals surface area (Å²) in [4.78, 5) is 36.0. The van der Waals surface area contributed by atoms with Crippen LogP contribution in [0, 0.1) is 5.92 Å². The minimum atomic E-state index is -0.560. The van der Waals surface area contributed by atoms with Crippen molar-refractivity contribution in [3.8, 4) is 0 Å². The summed E-state index contributed by atoms with van der Waals surface area (Å²) in [7, 11) is 0. The molecule has 0 rings (SSSR count). The van der Waals surface area contributed by atoms with E-state index in [1.165, 1.54) is 0 Å². The van der Waals surface area contributed by atoms with Gasteiger partial charge in [-0.1, -0.05) is 12.2 Å². The van der Waals surface area contributed by atoms with E-state index in [9.17, 15) is 14.4 Å². The van der Waals surface area contributed by atoms with Gasteiger partial charge in [-0.15, -0.1) is 13.2 Å². The molecule has 0 saturated carbocycles. The average molecular weight is 383 g/mol. The van der Waals surface area contributed by atoms with Crippen molar-refractivity contribution in [3.63, 3.8) is 0 Å². The molecule has 0 aliphatic rings. The van der Waals surface area contributed by atoms with Gasteiger partial charge in [0.25, 0.3) is 0 Å². The van der Waals surface area contributed by atoms with Gasteiger partial charge >= 0.3 is 5.97 Å². The van der Waals surface area contributed by atoms with Crippen LogP contribution in [0.2, 0.25) is 0 Å². The van der Waals surface area contributed by atoms with Crippen molar-refractivity contribution < 1.29 is 24.2 Å². The third kappa shape index (κ3) is 12.8. The van der Waals surface area contributed by atoms with E-state index in [0.29, 0.717) is 12.8 Å². The summed E-state index contributed by atoms with van der Waals surface area (Å²) in [6, 6.07) is -0.365. The number of carbonyl (C=O) groups is 3. The number of hydrogen-bond acceptors (Lipinski definition) is 5. The number of aliphatic hydroxyl groups is 1. The molecule has 0 aromatic rings. The molecule has 3 N–H and O–H groups in total. The van der Waals surface area contributed by atoms with Crippen molar-refractivity contribution >= 4 is 17.8 Å². The van der Waals surface area contributed by atoms with Crippen LogP contribution in [-0.4, -0.2) is 48.2 Å². The molecule has 7 nitrogen and oxygen atoms in total. The minimum absolute atomic E-state index is 0.000332. The van der Waals surface area contributed by atoms with E-state index < -0.39 is 12.0 Å². The van der Waals surface area contributed by atoms with Crippen molar-refractivity contribution in [2.45, 2.75) is 64.5 Å². The lowest BCUT2D eigenvalue weighted by atomic mass is 9.99. The highest BCUT2D eigenvalue weighted by atomic mass is 16.5. The lowest BCUT2D eigenvalue weighted by molar-refractivity contribution is -0.148. The lowest BCUT2D eigenvalue weighted by Crippen LogP contribution is -2.41. The normalized spacial score (nSPS) is 13.7. The first-order valence-corrected chi connectivity index (χ1v) is 9.43. The fraction of sp³-hybridized carbons (Fsp3) is 0.650. The van der Waals surface area contributed by atoms with Gasteiger partial charge < -0.3 is 20.5 Å². The van der Waals surface area contributed by atoms with Gasteiger partial charge in [-0.3, -0.25) is 14.4 Å². The summed E-state index contributed by atoms with van der Waals surface area (Å²) in [5.74, 6) is -1.45. The highest BCUT2D eigenvalue weighted by Crippen LogP contribution is 2.10. The molecule has 0 aliphatic carbocycles. The maximum absolute atomic E-state index is 12.3. The Morgan fingerprint density at radius 1 is 1.15 bits per heavy atom. The first-order chi connectivity index (χ1) is 12.8. The van der Waals surface area contributed by atoms with E-state index in [1.807, 2.05) is 6.08 Å². The van der Waals surface area contributed by atoms with Gasteiger partial charge in [-0.2, -0.15) is 0 Å². The topological polar surface area (TPSA) is 105 Å². The summed E-state index contributed by atoms with van der Waals surface area (Å²) < 4.78 is 5.26. The van der Waals surface area contributed by atoms with Crippen LogP contribution in [0.25, 0.3) is 0 Å². The maximum atomic E-state index is 12.3. The number of ether oxygens (including phenoxy) is 1. The van der Waals surface area contributed by atoms with Crippen LogP contribution in [0.15, 0.2) is 25.3 Å². The zero-order chi connectivity index (χ0) is 20.7. The van der Waals surface area contributed by atoms with Crippen LogP contribution >= 0.6 is 0 Å². The Morgan fingerprint density at radius 2 is 1.85 bits per heavy atom. The third-order valence-electron chi connectivity index (χ3n) is 3.87. The van der Waals surface area contributed by atoms with Gasteiger partial charge in [0.05, 0.1) is 19.1 Å². The molecule has 2 amide bonds.